The zero-order valence-electron chi connectivity index (χ0n) is 8.41. The Labute approximate surface area is 84.1 Å². The van der Waals surface area contributed by atoms with E-state index in [0.29, 0.717) is 5.56 Å². The van der Waals surface area contributed by atoms with Crippen LogP contribution in [0.15, 0.2) is 18.2 Å². The summed E-state index contributed by atoms with van der Waals surface area (Å²) in [7, 11) is 0. The summed E-state index contributed by atoms with van der Waals surface area (Å²) in [5, 5.41) is 17.4. The van der Waals surface area contributed by atoms with Crippen LogP contribution in [-0.4, -0.2) is 11.7 Å². The van der Waals surface area contributed by atoms with Crippen LogP contribution in [0.1, 0.15) is 22.3 Å². The van der Waals surface area contributed by atoms with Crippen molar-refractivity contribution in [3.8, 4) is 6.07 Å². The predicted molar refractivity (Wildman–Crippen MR) is 56.8 cm³/mol. The quantitative estimate of drug-likeness (QED) is 0.771. The molecule has 0 spiro atoms. The first-order valence-corrected chi connectivity index (χ1v) is 4.47. The molecule has 1 rings (SSSR count). The molecule has 0 atom stereocenters. The fourth-order valence-electron chi connectivity index (χ4n) is 1.47. The van der Waals surface area contributed by atoms with Gasteiger partial charge in [-0.1, -0.05) is 12.2 Å². The Morgan fingerprint density at radius 1 is 1.36 bits per heavy atom. The van der Waals surface area contributed by atoms with Crippen molar-refractivity contribution >= 4 is 6.08 Å². The van der Waals surface area contributed by atoms with E-state index in [1.807, 2.05) is 32.1 Å². The van der Waals surface area contributed by atoms with E-state index >= 15 is 0 Å². The predicted octanol–water partition coefficient (Wildman–Crippen LogP) is 2.18. The number of nitrogens with zero attached hydrogens (tertiary/aromatic N) is 1. The highest BCUT2D eigenvalue weighted by Gasteiger charge is 2.01. The molecule has 1 aromatic rings. The normalized spacial score (nSPS) is 10.4. The molecule has 1 aromatic carbocycles. The van der Waals surface area contributed by atoms with E-state index in [2.05, 4.69) is 6.07 Å². The fourth-order valence-corrected chi connectivity index (χ4v) is 1.47. The average molecular weight is 187 g/mol. The summed E-state index contributed by atoms with van der Waals surface area (Å²) >= 11 is 0. The van der Waals surface area contributed by atoms with Gasteiger partial charge in [0, 0.05) is 0 Å². The molecule has 0 aliphatic carbocycles. The Morgan fingerprint density at radius 3 is 2.36 bits per heavy atom. The van der Waals surface area contributed by atoms with Crippen LogP contribution in [0, 0.1) is 25.2 Å². The molecule has 14 heavy (non-hydrogen) atoms. The number of rotatable bonds is 2. The van der Waals surface area contributed by atoms with Crippen molar-refractivity contribution in [2.45, 2.75) is 13.8 Å². The molecule has 0 bridgehead atoms. The maximum atomic E-state index is 8.75. The van der Waals surface area contributed by atoms with Crippen LogP contribution < -0.4 is 0 Å². The van der Waals surface area contributed by atoms with Gasteiger partial charge in [-0.3, -0.25) is 0 Å². The second kappa shape index (κ2) is 4.59. The van der Waals surface area contributed by atoms with Gasteiger partial charge in [-0.15, -0.1) is 0 Å². The Hall–Kier alpha value is -1.59. The Balaban J connectivity index is 3.20. The van der Waals surface area contributed by atoms with Gasteiger partial charge in [-0.25, -0.2) is 0 Å². The van der Waals surface area contributed by atoms with Crippen LogP contribution >= 0.6 is 0 Å². The van der Waals surface area contributed by atoms with Gasteiger partial charge < -0.3 is 5.11 Å². The van der Waals surface area contributed by atoms with Gasteiger partial charge in [0.15, 0.2) is 0 Å². The lowest BCUT2D eigenvalue weighted by Gasteiger charge is -2.05. The van der Waals surface area contributed by atoms with E-state index in [1.165, 1.54) is 0 Å². The largest absolute Gasteiger partial charge is 0.392 e. The highest BCUT2D eigenvalue weighted by Crippen LogP contribution is 2.17. The third kappa shape index (κ3) is 2.21. The molecule has 0 aliphatic heterocycles. The molecule has 0 aliphatic rings. The molecule has 2 heteroatoms. The number of nitriles is 1. The summed E-state index contributed by atoms with van der Waals surface area (Å²) in [6.07, 6.45) is 3.58. The van der Waals surface area contributed by atoms with Crippen LogP contribution in [0.25, 0.3) is 6.08 Å². The summed E-state index contributed by atoms with van der Waals surface area (Å²) in [4.78, 5) is 0. The number of aryl methyl sites for hydroxylation is 2. The molecule has 0 fully saturated rings. The third-order valence-electron chi connectivity index (χ3n) is 2.11. The smallest absolute Gasteiger partial charge is 0.0991 e. The van der Waals surface area contributed by atoms with Crippen molar-refractivity contribution in [3.63, 3.8) is 0 Å². The zero-order chi connectivity index (χ0) is 10.6. The first kappa shape index (κ1) is 10.5. The average Bonchev–Trinajstić information content (AvgIpc) is 2.16. The summed E-state index contributed by atoms with van der Waals surface area (Å²) in [5.41, 5.74) is 3.89. The summed E-state index contributed by atoms with van der Waals surface area (Å²) in [6, 6.07) is 5.82. The Bertz CT molecular complexity index is 376. The van der Waals surface area contributed by atoms with Gasteiger partial charge in [0.05, 0.1) is 18.2 Å². The van der Waals surface area contributed by atoms with Gasteiger partial charge >= 0.3 is 0 Å². The van der Waals surface area contributed by atoms with Gasteiger partial charge in [0.25, 0.3) is 0 Å². The fraction of sp³-hybridized carbons (Fsp3) is 0.250. The van der Waals surface area contributed by atoms with Crippen molar-refractivity contribution in [3.05, 3.63) is 40.5 Å². The lowest BCUT2D eigenvalue weighted by atomic mass is 9.99. The Kier molecular flexibility index (Phi) is 3.44. The molecule has 0 aromatic heterocycles. The van der Waals surface area contributed by atoms with E-state index in [4.69, 9.17) is 10.4 Å². The highest BCUT2D eigenvalue weighted by atomic mass is 16.2. The maximum absolute atomic E-state index is 8.75. The summed E-state index contributed by atoms with van der Waals surface area (Å²) in [6.45, 7) is 3.97. The SMILES string of the molecule is Cc1cc(C#N)cc(C)c1C=CCO. The highest BCUT2D eigenvalue weighted by molar-refractivity contribution is 5.59. The van der Waals surface area contributed by atoms with Crippen LogP contribution in [0.4, 0.5) is 0 Å². The van der Waals surface area contributed by atoms with E-state index < -0.39 is 0 Å². The standard InChI is InChI=1S/C12H13NO/c1-9-6-11(8-13)7-10(2)12(9)4-3-5-14/h3-4,6-7,14H,5H2,1-2H3. The molecule has 0 unspecified atom stereocenters. The molecule has 72 valence electrons. The van der Waals surface area contributed by atoms with Crippen LogP contribution in [0.3, 0.4) is 0 Å². The van der Waals surface area contributed by atoms with E-state index in [-0.39, 0.29) is 6.61 Å². The zero-order valence-corrected chi connectivity index (χ0v) is 8.41. The van der Waals surface area contributed by atoms with Gasteiger partial charge in [-0.2, -0.15) is 5.26 Å². The monoisotopic (exact) mass is 187 g/mol. The molecule has 0 radical (unpaired) electrons. The molecule has 0 heterocycles. The van der Waals surface area contributed by atoms with Crippen molar-refractivity contribution in [1.29, 1.82) is 5.26 Å². The molecule has 0 saturated heterocycles. The minimum absolute atomic E-state index is 0.0406. The van der Waals surface area contributed by atoms with Crippen molar-refractivity contribution in [2.24, 2.45) is 0 Å². The van der Waals surface area contributed by atoms with Gasteiger partial charge in [-0.05, 0) is 42.7 Å². The van der Waals surface area contributed by atoms with Crippen molar-refractivity contribution in [2.75, 3.05) is 6.61 Å². The second-order valence-corrected chi connectivity index (χ2v) is 3.22. The molecule has 1 N–H and O–H groups in total. The number of hydrogen-bond acceptors (Lipinski definition) is 2. The van der Waals surface area contributed by atoms with Gasteiger partial charge in [0.2, 0.25) is 0 Å². The van der Waals surface area contributed by atoms with Crippen molar-refractivity contribution < 1.29 is 5.11 Å². The Morgan fingerprint density at radius 2 is 1.93 bits per heavy atom. The number of aliphatic hydroxyl groups is 1. The van der Waals surface area contributed by atoms with Crippen LogP contribution in [0.5, 0.6) is 0 Å². The number of benzene rings is 1. The second-order valence-electron chi connectivity index (χ2n) is 3.22. The van der Waals surface area contributed by atoms with E-state index in [9.17, 15) is 0 Å². The summed E-state index contributed by atoms with van der Waals surface area (Å²) in [5.74, 6) is 0. The number of hydrogen-bond donors (Lipinski definition) is 1. The van der Waals surface area contributed by atoms with E-state index in [0.717, 1.165) is 16.7 Å². The van der Waals surface area contributed by atoms with Crippen LogP contribution in [0.2, 0.25) is 0 Å². The third-order valence-corrected chi connectivity index (χ3v) is 2.11. The van der Waals surface area contributed by atoms with Crippen LogP contribution in [-0.2, 0) is 0 Å². The summed E-state index contributed by atoms with van der Waals surface area (Å²) < 4.78 is 0. The lowest BCUT2D eigenvalue weighted by Crippen LogP contribution is -1.89. The number of aliphatic hydroxyl groups excluding tert-OH is 1. The van der Waals surface area contributed by atoms with Crippen molar-refractivity contribution in [1.82, 2.24) is 0 Å². The molecular weight excluding hydrogens is 174 g/mol. The molecule has 0 saturated carbocycles. The van der Waals surface area contributed by atoms with E-state index in [1.54, 1.807) is 6.08 Å². The first-order valence-electron chi connectivity index (χ1n) is 4.47. The maximum Gasteiger partial charge on any atom is 0.0991 e. The topological polar surface area (TPSA) is 44.0 Å². The van der Waals surface area contributed by atoms with Gasteiger partial charge in [0.1, 0.15) is 0 Å². The minimum atomic E-state index is 0.0406. The lowest BCUT2D eigenvalue weighted by molar-refractivity contribution is 0.343. The minimum Gasteiger partial charge on any atom is -0.392 e. The molecule has 2 nitrogen and oxygen atoms in total. The first-order chi connectivity index (χ1) is 6.69. The molecule has 0 amide bonds. The molecular formula is C12H13NO.